The Bertz CT molecular complexity index is 487. The summed E-state index contributed by atoms with van der Waals surface area (Å²) >= 11 is 0. The number of ether oxygens (including phenoxy) is 1. The van der Waals surface area contributed by atoms with Crippen LogP contribution >= 0.6 is 0 Å². The number of hydrogen-bond donors (Lipinski definition) is 2. The number of anilines is 1. The van der Waals surface area contributed by atoms with Crippen molar-refractivity contribution in [2.75, 3.05) is 25.1 Å². The van der Waals surface area contributed by atoms with Crippen LogP contribution in [0.1, 0.15) is 12.0 Å². The predicted octanol–water partition coefficient (Wildman–Crippen LogP) is 1.39. The minimum Gasteiger partial charge on any atom is -0.453 e. The summed E-state index contributed by atoms with van der Waals surface area (Å²) in [6.07, 6.45) is 0.0175. The highest BCUT2D eigenvalue weighted by Gasteiger charge is 2.28. The summed E-state index contributed by atoms with van der Waals surface area (Å²) in [7, 11) is 1.26. The van der Waals surface area contributed by atoms with Gasteiger partial charge in [0.1, 0.15) is 17.3 Å². The summed E-state index contributed by atoms with van der Waals surface area (Å²) in [6, 6.07) is 2.01. The van der Waals surface area contributed by atoms with Gasteiger partial charge in [-0.2, -0.15) is 0 Å². The first-order chi connectivity index (χ1) is 9.55. The van der Waals surface area contributed by atoms with Gasteiger partial charge in [-0.05, 0) is 24.1 Å². The van der Waals surface area contributed by atoms with E-state index in [2.05, 4.69) is 10.1 Å². The highest BCUT2D eigenvalue weighted by Crippen LogP contribution is 2.28. The maximum atomic E-state index is 13.9. The van der Waals surface area contributed by atoms with Crippen LogP contribution < -0.4 is 10.2 Å². The second-order valence-corrected chi connectivity index (χ2v) is 4.63. The van der Waals surface area contributed by atoms with Crippen molar-refractivity contribution < 1.29 is 23.4 Å². The van der Waals surface area contributed by atoms with Gasteiger partial charge in [-0.15, -0.1) is 0 Å². The summed E-state index contributed by atoms with van der Waals surface area (Å²) in [5, 5.41) is 11.5. The molecule has 1 heterocycles. The third-order valence-electron chi connectivity index (χ3n) is 3.27. The number of nitrogens with zero attached hydrogens (tertiary/aromatic N) is 1. The Balaban J connectivity index is 2.12. The van der Waals surface area contributed by atoms with Gasteiger partial charge in [-0.1, -0.05) is 0 Å². The number of nitrogens with one attached hydrogen (secondary N) is 1. The summed E-state index contributed by atoms with van der Waals surface area (Å²) < 4.78 is 32.3. The number of methoxy groups -OCH3 is 1. The van der Waals surface area contributed by atoms with E-state index in [9.17, 15) is 13.6 Å². The van der Waals surface area contributed by atoms with Gasteiger partial charge >= 0.3 is 6.09 Å². The van der Waals surface area contributed by atoms with Gasteiger partial charge in [0.2, 0.25) is 0 Å². The molecule has 0 radical (unpaired) electrons. The number of aliphatic hydroxyl groups excluding tert-OH is 1. The van der Waals surface area contributed by atoms with Crippen LogP contribution in [0.15, 0.2) is 12.1 Å². The van der Waals surface area contributed by atoms with Crippen molar-refractivity contribution in [2.45, 2.75) is 19.1 Å². The molecule has 0 spiro atoms. The normalized spacial score (nSPS) is 18.2. The van der Waals surface area contributed by atoms with Gasteiger partial charge in [0.15, 0.2) is 0 Å². The molecule has 1 saturated heterocycles. The lowest BCUT2D eigenvalue weighted by molar-refractivity contribution is 0.167. The Labute approximate surface area is 115 Å². The molecule has 0 bridgehead atoms. The lowest BCUT2D eigenvalue weighted by Crippen LogP contribution is -2.37. The van der Waals surface area contributed by atoms with Crippen molar-refractivity contribution in [3.63, 3.8) is 0 Å². The molecule has 1 aliphatic rings. The molecule has 20 heavy (non-hydrogen) atoms. The van der Waals surface area contributed by atoms with Crippen molar-refractivity contribution >= 4 is 11.8 Å². The number of carbonyl (C=O) groups excluding carboxylic acids is 1. The molecular formula is C13H16F2N2O3. The number of hydrogen-bond acceptors (Lipinski definition) is 4. The van der Waals surface area contributed by atoms with Crippen LogP contribution in [0.4, 0.5) is 19.3 Å². The first-order valence-corrected chi connectivity index (χ1v) is 6.23. The Hall–Kier alpha value is -1.89. The standard InChI is InChI=1S/C13H16F2N2O3/c1-20-13(19)16-9-2-3-17(6-9)12-10(14)4-8(7-18)5-11(12)15/h4-5,9,18H,2-3,6-7H2,1H3,(H,16,19). The molecule has 1 aromatic rings. The SMILES string of the molecule is COC(=O)NC1CCN(c2c(F)cc(CO)cc2F)C1. The summed E-state index contributed by atoms with van der Waals surface area (Å²) in [4.78, 5) is 12.6. The van der Waals surface area contributed by atoms with E-state index in [4.69, 9.17) is 5.11 Å². The van der Waals surface area contributed by atoms with Gasteiger partial charge in [-0.3, -0.25) is 0 Å². The first-order valence-electron chi connectivity index (χ1n) is 6.23. The largest absolute Gasteiger partial charge is 0.453 e. The molecule has 0 saturated carbocycles. The van der Waals surface area contributed by atoms with Gasteiger partial charge in [0.05, 0.1) is 19.8 Å². The molecule has 0 aliphatic carbocycles. The number of halogens is 2. The third kappa shape index (κ3) is 2.98. The predicted molar refractivity (Wildman–Crippen MR) is 68.4 cm³/mol. The van der Waals surface area contributed by atoms with E-state index in [0.29, 0.717) is 19.5 Å². The van der Waals surface area contributed by atoms with Crippen LogP contribution in [0.2, 0.25) is 0 Å². The van der Waals surface area contributed by atoms with Gasteiger partial charge in [0.25, 0.3) is 0 Å². The molecule has 1 fully saturated rings. The summed E-state index contributed by atoms with van der Waals surface area (Å²) in [6.45, 7) is 0.322. The Morgan fingerprint density at radius 2 is 2.15 bits per heavy atom. The minimum atomic E-state index is -0.715. The van der Waals surface area contributed by atoms with Crippen molar-refractivity contribution in [3.05, 3.63) is 29.3 Å². The quantitative estimate of drug-likeness (QED) is 0.881. The van der Waals surface area contributed by atoms with Crippen LogP contribution in [0, 0.1) is 11.6 Å². The van der Waals surface area contributed by atoms with Crippen molar-refractivity contribution in [1.29, 1.82) is 0 Å². The molecule has 2 rings (SSSR count). The smallest absolute Gasteiger partial charge is 0.407 e. The van der Waals surface area contributed by atoms with Crippen molar-refractivity contribution in [3.8, 4) is 0 Å². The molecule has 1 atom stereocenters. The van der Waals surface area contributed by atoms with E-state index in [0.717, 1.165) is 12.1 Å². The second-order valence-electron chi connectivity index (χ2n) is 4.63. The van der Waals surface area contributed by atoms with Crippen molar-refractivity contribution in [2.24, 2.45) is 0 Å². The van der Waals surface area contributed by atoms with E-state index < -0.39 is 24.3 Å². The zero-order chi connectivity index (χ0) is 14.7. The Kier molecular flexibility index (Phi) is 4.39. The average Bonchev–Trinajstić information content (AvgIpc) is 2.85. The molecular weight excluding hydrogens is 270 g/mol. The van der Waals surface area contributed by atoms with Crippen LogP contribution in [0.5, 0.6) is 0 Å². The summed E-state index contributed by atoms with van der Waals surface area (Å²) in [5.41, 5.74) is 0.0588. The number of carbonyl (C=O) groups is 1. The molecule has 110 valence electrons. The number of amides is 1. The molecule has 2 N–H and O–H groups in total. The van der Waals surface area contributed by atoms with Crippen LogP contribution in [0.3, 0.4) is 0 Å². The monoisotopic (exact) mass is 286 g/mol. The molecule has 1 amide bonds. The number of benzene rings is 1. The Morgan fingerprint density at radius 3 is 2.70 bits per heavy atom. The van der Waals surface area contributed by atoms with Crippen LogP contribution in [-0.2, 0) is 11.3 Å². The number of rotatable bonds is 3. The molecule has 1 unspecified atom stereocenters. The molecule has 0 aromatic heterocycles. The van der Waals surface area contributed by atoms with E-state index >= 15 is 0 Å². The maximum Gasteiger partial charge on any atom is 0.407 e. The topological polar surface area (TPSA) is 61.8 Å². The maximum absolute atomic E-state index is 13.9. The fourth-order valence-electron chi connectivity index (χ4n) is 2.32. The number of alkyl carbamates (subject to hydrolysis) is 1. The molecule has 1 aliphatic heterocycles. The van der Waals surface area contributed by atoms with E-state index in [1.165, 1.54) is 12.0 Å². The number of aliphatic hydroxyl groups is 1. The van der Waals surface area contributed by atoms with Crippen LogP contribution in [0.25, 0.3) is 0 Å². The van der Waals surface area contributed by atoms with Gasteiger partial charge in [-0.25, -0.2) is 13.6 Å². The lowest BCUT2D eigenvalue weighted by Gasteiger charge is -2.20. The van der Waals surface area contributed by atoms with E-state index in [1.54, 1.807) is 0 Å². The second kappa shape index (κ2) is 6.04. The minimum absolute atomic E-state index is 0.128. The van der Waals surface area contributed by atoms with Crippen molar-refractivity contribution in [1.82, 2.24) is 5.32 Å². The Morgan fingerprint density at radius 1 is 1.50 bits per heavy atom. The fraction of sp³-hybridized carbons (Fsp3) is 0.462. The molecule has 7 heteroatoms. The highest BCUT2D eigenvalue weighted by atomic mass is 19.1. The zero-order valence-corrected chi connectivity index (χ0v) is 11.0. The van der Waals surface area contributed by atoms with Gasteiger partial charge in [0, 0.05) is 13.1 Å². The molecule has 1 aromatic carbocycles. The first kappa shape index (κ1) is 14.5. The summed E-state index contributed by atoms with van der Waals surface area (Å²) in [5.74, 6) is -1.43. The van der Waals surface area contributed by atoms with E-state index in [-0.39, 0.29) is 17.3 Å². The van der Waals surface area contributed by atoms with Gasteiger partial charge < -0.3 is 20.1 Å². The molecule has 5 nitrogen and oxygen atoms in total. The van der Waals surface area contributed by atoms with Crippen LogP contribution in [-0.4, -0.2) is 37.4 Å². The zero-order valence-electron chi connectivity index (χ0n) is 11.0. The lowest BCUT2D eigenvalue weighted by atomic mass is 10.2. The fourth-order valence-corrected chi connectivity index (χ4v) is 2.32. The average molecular weight is 286 g/mol. The van der Waals surface area contributed by atoms with E-state index in [1.807, 2.05) is 0 Å². The highest BCUT2D eigenvalue weighted by molar-refractivity contribution is 5.67. The third-order valence-corrected chi connectivity index (χ3v) is 3.27.